The van der Waals surface area contributed by atoms with E-state index in [2.05, 4.69) is 4.98 Å². The molecule has 2 N–H and O–H groups in total. The normalized spacial score (nSPS) is 11.1. The Hall–Kier alpha value is -2.36. The van der Waals surface area contributed by atoms with E-state index in [-0.39, 0.29) is 21.8 Å². The van der Waals surface area contributed by atoms with E-state index in [0.29, 0.717) is 4.31 Å². The number of aromatic carboxylic acids is 1. The molecular weight excluding hydrogens is 284 g/mol. The van der Waals surface area contributed by atoms with Gasteiger partial charge >= 0.3 is 5.97 Å². The molecule has 20 heavy (non-hydrogen) atoms. The van der Waals surface area contributed by atoms with Crippen LogP contribution in [0, 0.1) is 36.5 Å². The van der Waals surface area contributed by atoms with Crippen LogP contribution in [-0.4, -0.2) is 41.9 Å². The summed E-state index contributed by atoms with van der Waals surface area (Å²) in [5.41, 5.74) is -0.0217. The van der Waals surface area contributed by atoms with Crippen LogP contribution in [0.1, 0.15) is 21.7 Å². The van der Waals surface area contributed by atoms with Gasteiger partial charge in [0.25, 0.3) is 0 Å². The van der Waals surface area contributed by atoms with E-state index in [1.807, 2.05) is 0 Å². The average Bonchev–Trinajstić information content (AvgIpc) is 2.65. The second-order valence-electron chi connectivity index (χ2n) is 3.97. The average molecular weight is 296 g/mol. The lowest BCUT2D eigenvalue weighted by Gasteiger charge is -2.16. The van der Waals surface area contributed by atoms with Gasteiger partial charge in [0.05, 0.1) is 12.1 Å². The summed E-state index contributed by atoms with van der Waals surface area (Å²) in [6.07, 6.45) is 0. The summed E-state index contributed by atoms with van der Waals surface area (Å²) in [5.74, 6) is -1.28. The summed E-state index contributed by atoms with van der Waals surface area (Å²) >= 11 is 0. The highest BCUT2D eigenvalue weighted by Crippen LogP contribution is 2.26. The number of nitriles is 2. The Kier molecular flexibility index (Phi) is 4.50. The summed E-state index contributed by atoms with van der Waals surface area (Å²) in [5, 5.41) is 26.2. The summed E-state index contributed by atoms with van der Waals surface area (Å²) in [6.45, 7) is 1.81. The number of carboxylic acid groups (broad SMARTS) is 1. The number of rotatable bonds is 5. The molecule has 0 aliphatic heterocycles. The van der Waals surface area contributed by atoms with Crippen LogP contribution >= 0.6 is 0 Å². The predicted molar refractivity (Wildman–Crippen MR) is 67.2 cm³/mol. The number of nitrogens with one attached hydrogen (secondary N) is 1. The minimum absolute atomic E-state index is 0.0517. The number of aromatic nitrogens is 1. The fourth-order valence-electron chi connectivity index (χ4n) is 1.85. The molecule has 1 aromatic heterocycles. The van der Waals surface area contributed by atoms with E-state index < -0.39 is 29.1 Å². The zero-order valence-corrected chi connectivity index (χ0v) is 11.7. The van der Waals surface area contributed by atoms with Gasteiger partial charge in [0.2, 0.25) is 10.0 Å². The molecule has 8 nitrogen and oxygen atoms in total. The lowest BCUT2D eigenvalue weighted by atomic mass is 10.2. The van der Waals surface area contributed by atoms with Crippen molar-refractivity contribution in [2.45, 2.75) is 18.7 Å². The molecule has 1 aromatic rings. The van der Waals surface area contributed by atoms with Crippen molar-refractivity contribution in [1.82, 2.24) is 9.29 Å². The first-order chi connectivity index (χ1) is 9.27. The molecule has 0 unspecified atom stereocenters. The maximum absolute atomic E-state index is 12.4. The SMILES string of the molecule is Cc1[nH]c(C(=O)O)c(C)c1S(=O)(=O)N(CC#N)CC#N. The second kappa shape index (κ2) is 5.74. The summed E-state index contributed by atoms with van der Waals surface area (Å²) < 4.78 is 25.5. The number of aryl methyl sites for hydroxylation is 1. The largest absolute Gasteiger partial charge is 0.477 e. The number of nitrogens with zero attached hydrogens (tertiary/aromatic N) is 3. The molecule has 0 spiro atoms. The van der Waals surface area contributed by atoms with Gasteiger partial charge in [-0.25, -0.2) is 13.2 Å². The first-order valence-electron chi connectivity index (χ1n) is 5.43. The lowest BCUT2D eigenvalue weighted by Crippen LogP contribution is -2.32. The van der Waals surface area contributed by atoms with Gasteiger partial charge in [-0.15, -0.1) is 0 Å². The van der Waals surface area contributed by atoms with E-state index in [0.717, 1.165) is 0 Å². The fourth-order valence-corrected chi connectivity index (χ4v) is 3.49. The first-order valence-corrected chi connectivity index (χ1v) is 6.87. The van der Waals surface area contributed by atoms with Crippen LogP contribution in [0.5, 0.6) is 0 Å². The van der Waals surface area contributed by atoms with Gasteiger partial charge in [0.15, 0.2) is 0 Å². The Morgan fingerprint density at radius 2 is 1.80 bits per heavy atom. The second-order valence-corrected chi connectivity index (χ2v) is 5.85. The van der Waals surface area contributed by atoms with Gasteiger partial charge < -0.3 is 10.1 Å². The molecule has 9 heteroatoms. The quantitative estimate of drug-likeness (QED) is 0.752. The Labute approximate surface area is 115 Å². The zero-order valence-electron chi connectivity index (χ0n) is 10.8. The number of aromatic amines is 1. The molecule has 106 valence electrons. The van der Waals surface area contributed by atoms with Crippen molar-refractivity contribution in [2.75, 3.05) is 13.1 Å². The van der Waals surface area contributed by atoms with Gasteiger partial charge in [-0.05, 0) is 13.8 Å². The van der Waals surface area contributed by atoms with Crippen molar-refractivity contribution >= 4 is 16.0 Å². The van der Waals surface area contributed by atoms with Crippen molar-refractivity contribution in [2.24, 2.45) is 0 Å². The molecule has 0 saturated carbocycles. The highest BCUT2D eigenvalue weighted by molar-refractivity contribution is 7.89. The molecule has 0 atom stereocenters. The number of carbonyl (C=O) groups is 1. The number of hydrogen-bond donors (Lipinski definition) is 2. The van der Waals surface area contributed by atoms with Gasteiger partial charge in [0, 0.05) is 11.3 Å². The molecule has 1 heterocycles. The predicted octanol–water partition coefficient (Wildman–Crippen LogP) is 0.368. The van der Waals surface area contributed by atoms with Crippen LogP contribution in [0.25, 0.3) is 0 Å². The molecule has 0 saturated heterocycles. The molecule has 0 aliphatic rings. The Bertz CT molecular complexity index is 705. The molecule has 0 amide bonds. The zero-order chi connectivity index (χ0) is 15.5. The summed E-state index contributed by atoms with van der Waals surface area (Å²) in [6, 6.07) is 3.33. The fraction of sp³-hybridized carbons (Fsp3) is 0.364. The van der Waals surface area contributed by atoms with Crippen LogP contribution in [-0.2, 0) is 10.0 Å². The first kappa shape index (κ1) is 15.7. The van der Waals surface area contributed by atoms with E-state index >= 15 is 0 Å². The number of H-pyrrole nitrogens is 1. The molecule has 0 bridgehead atoms. The van der Waals surface area contributed by atoms with Crippen LogP contribution < -0.4 is 0 Å². The van der Waals surface area contributed by atoms with Gasteiger partial charge in [0.1, 0.15) is 23.7 Å². The van der Waals surface area contributed by atoms with Crippen LogP contribution in [0.2, 0.25) is 0 Å². The Balaban J connectivity index is 3.47. The smallest absolute Gasteiger partial charge is 0.352 e. The molecule has 1 rings (SSSR count). The lowest BCUT2D eigenvalue weighted by molar-refractivity contribution is 0.0690. The highest BCUT2D eigenvalue weighted by atomic mass is 32.2. The van der Waals surface area contributed by atoms with Gasteiger partial charge in [-0.2, -0.15) is 14.8 Å². The van der Waals surface area contributed by atoms with E-state index in [4.69, 9.17) is 15.6 Å². The van der Waals surface area contributed by atoms with Gasteiger partial charge in [-0.3, -0.25) is 0 Å². The third kappa shape index (κ3) is 2.64. The van der Waals surface area contributed by atoms with Crippen molar-refractivity contribution in [3.63, 3.8) is 0 Å². The molecule has 0 aromatic carbocycles. The van der Waals surface area contributed by atoms with Crippen molar-refractivity contribution in [1.29, 1.82) is 10.5 Å². The number of hydrogen-bond acceptors (Lipinski definition) is 5. The minimum Gasteiger partial charge on any atom is -0.477 e. The number of sulfonamides is 1. The van der Waals surface area contributed by atoms with Crippen molar-refractivity contribution < 1.29 is 18.3 Å². The van der Waals surface area contributed by atoms with Crippen LogP contribution in [0.4, 0.5) is 0 Å². The third-order valence-electron chi connectivity index (χ3n) is 2.67. The summed E-state index contributed by atoms with van der Waals surface area (Å²) in [7, 11) is -4.11. The van der Waals surface area contributed by atoms with E-state index in [9.17, 15) is 13.2 Å². The van der Waals surface area contributed by atoms with Gasteiger partial charge in [-0.1, -0.05) is 0 Å². The maximum Gasteiger partial charge on any atom is 0.352 e. The Morgan fingerprint density at radius 3 is 2.15 bits per heavy atom. The van der Waals surface area contributed by atoms with Crippen molar-refractivity contribution in [3.8, 4) is 12.1 Å². The van der Waals surface area contributed by atoms with Crippen LogP contribution in [0.3, 0.4) is 0 Å². The maximum atomic E-state index is 12.4. The molecule has 0 radical (unpaired) electrons. The highest BCUT2D eigenvalue weighted by Gasteiger charge is 2.31. The van der Waals surface area contributed by atoms with E-state index in [1.54, 1.807) is 12.1 Å². The van der Waals surface area contributed by atoms with E-state index in [1.165, 1.54) is 13.8 Å². The molecule has 0 fully saturated rings. The molecule has 0 aliphatic carbocycles. The monoisotopic (exact) mass is 296 g/mol. The molecular formula is C11H12N4O4S. The van der Waals surface area contributed by atoms with Crippen molar-refractivity contribution in [3.05, 3.63) is 17.0 Å². The number of carboxylic acids is 1. The third-order valence-corrected chi connectivity index (χ3v) is 4.74. The van der Waals surface area contributed by atoms with Crippen LogP contribution in [0.15, 0.2) is 4.90 Å². The topological polar surface area (TPSA) is 138 Å². The Morgan fingerprint density at radius 1 is 1.30 bits per heavy atom. The standard InChI is InChI=1S/C11H12N4O4S/c1-7-9(11(16)17)14-8(2)10(7)20(18,19)15(5-3-12)6-4-13/h14H,5-6H2,1-2H3,(H,16,17). The summed E-state index contributed by atoms with van der Waals surface area (Å²) in [4.78, 5) is 13.3. The minimum atomic E-state index is -4.11.